The fourth-order valence-corrected chi connectivity index (χ4v) is 6.39. The van der Waals surface area contributed by atoms with Gasteiger partial charge in [-0.2, -0.15) is 0 Å². The molecule has 0 aromatic heterocycles. The SMILES string of the molecule is C[C@@]12CCC[C@H]1[C@@H]1CCC3=CC(=O)C(F)=C[C@]3(C)[C@H]1C(O)C2. The van der Waals surface area contributed by atoms with Crippen LogP contribution in [0.15, 0.2) is 23.6 Å². The molecule has 0 aliphatic heterocycles. The Kier molecular flexibility index (Phi) is 3.01. The van der Waals surface area contributed by atoms with Crippen LogP contribution < -0.4 is 0 Å². The van der Waals surface area contributed by atoms with E-state index in [1.54, 1.807) is 0 Å². The van der Waals surface area contributed by atoms with Crippen LogP contribution in [0.2, 0.25) is 0 Å². The molecule has 4 rings (SSSR count). The Morgan fingerprint density at radius 2 is 2.09 bits per heavy atom. The van der Waals surface area contributed by atoms with Crippen molar-refractivity contribution in [1.82, 2.24) is 0 Å². The lowest BCUT2D eigenvalue weighted by Crippen LogP contribution is -2.54. The summed E-state index contributed by atoms with van der Waals surface area (Å²) in [5.41, 5.74) is 0.801. The minimum Gasteiger partial charge on any atom is -0.393 e. The maximum Gasteiger partial charge on any atom is 0.213 e. The van der Waals surface area contributed by atoms with Gasteiger partial charge in [-0.05, 0) is 61.5 Å². The Hall–Kier alpha value is -0.960. The van der Waals surface area contributed by atoms with Gasteiger partial charge in [-0.25, -0.2) is 4.39 Å². The molecule has 0 amide bonds. The van der Waals surface area contributed by atoms with Gasteiger partial charge in [0.25, 0.3) is 0 Å². The number of ketones is 1. The molecule has 0 spiro atoms. The number of aliphatic hydroxyl groups excluding tert-OH is 1. The molecule has 3 fully saturated rings. The van der Waals surface area contributed by atoms with Crippen molar-refractivity contribution in [2.45, 2.75) is 58.5 Å². The molecule has 22 heavy (non-hydrogen) atoms. The van der Waals surface area contributed by atoms with Gasteiger partial charge in [-0.1, -0.05) is 25.8 Å². The lowest BCUT2D eigenvalue weighted by Gasteiger charge is -2.58. The number of carbonyl (C=O) groups excluding carboxylic acids is 1. The molecule has 3 saturated carbocycles. The minimum atomic E-state index is -0.640. The summed E-state index contributed by atoms with van der Waals surface area (Å²) >= 11 is 0. The number of allylic oxidation sites excluding steroid dienone is 4. The van der Waals surface area contributed by atoms with Gasteiger partial charge in [0.05, 0.1) is 6.10 Å². The maximum atomic E-state index is 14.0. The molecule has 1 unspecified atom stereocenters. The van der Waals surface area contributed by atoms with Crippen molar-refractivity contribution in [3.8, 4) is 0 Å². The van der Waals surface area contributed by atoms with Crippen LogP contribution in [0.25, 0.3) is 0 Å². The van der Waals surface area contributed by atoms with Gasteiger partial charge in [0.1, 0.15) is 0 Å². The molecular weight excluding hydrogens is 279 g/mol. The first-order chi connectivity index (χ1) is 10.3. The molecular formula is C19H25FO2. The van der Waals surface area contributed by atoms with Crippen molar-refractivity contribution in [1.29, 1.82) is 0 Å². The summed E-state index contributed by atoms with van der Waals surface area (Å²) in [6, 6.07) is 0. The Morgan fingerprint density at radius 1 is 1.32 bits per heavy atom. The first-order valence-electron chi connectivity index (χ1n) is 8.67. The molecule has 6 atom stereocenters. The van der Waals surface area contributed by atoms with Crippen LogP contribution >= 0.6 is 0 Å². The molecule has 2 nitrogen and oxygen atoms in total. The normalized spacial score (nSPS) is 50.6. The van der Waals surface area contributed by atoms with E-state index in [-0.39, 0.29) is 11.3 Å². The van der Waals surface area contributed by atoms with E-state index in [2.05, 4.69) is 6.92 Å². The maximum absolute atomic E-state index is 14.0. The van der Waals surface area contributed by atoms with E-state index >= 15 is 0 Å². The second-order valence-electron chi connectivity index (χ2n) is 8.46. The Bertz CT molecular complexity index is 592. The number of halogens is 1. The van der Waals surface area contributed by atoms with Crippen molar-refractivity contribution in [3.05, 3.63) is 23.6 Å². The molecule has 3 heteroatoms. The van der Waals surface area contributed by atoms with Crippen LogP contribution in [0.5, 0.6) is 0 Å². The van der Waals surface area contributed by atoms with Gasteiger partial charge < -0.3 is 5.11 Å². The van der Waals surface area contributed by atoms with Crippen LogP contribution in [0.4, 0.5) is 4.39 Å². The highest BCUT2D eigenvalue weighted by atomic mass is 19.1. The molecule has 0 saturated heterocycles. The van der Waals surface area contributed by atoms with Gasteiger partial charge in [0.15, 0.2) is 5.83 Å². The smallest absolute Gasteiger partial charge is 0.213 e. The number of aliphatic hydroxyl groups is 1. The molecule has 120 valence electrons. The highest BCUT2D eigenvalue weighted by Crippen LogP contribution is 2.64. The number of rotatable bonds is 0. The van der Waals surface area contributed by atoms with Crippen molar-refractivity contribution >= 4 is 5.78 Å². The molecule has 0 heterocycles. The zero-order valence-corrected chi connectivity index (χ0v) is 13.4. The second-order valence-corrected chi connectivity index (χ2v) is 8.46. The average molecular weight is 304 g/mol. The molecule has 1 N–H and O–H groups in total. The fourth-order valence-electron chi connectivity index (χ4n) is 6.39. The summed E-state index contributed by atoms with van der Waals surface area (Å²) in [7, 11) is 0. The first-order valence-corrected chi connectivity index (χ1v) is 8.67. The predicted molar refractivity (Wildman–Crippen MR) is 82.7 cm³/mol. The third-order valence-electron chi connectivity index (χ3n) is 7.32. The van der Waals surface area contributed by atoms with Crippen LogP contribution in [0, 0.1) is 28.6 Å². The van der Waals surface area contributed by atoms with Crippen LogP contribution in [-0.2, 0) is 4.79 Å². The van der Waals surface area contributed by atoms with E-state index < -0.39 is 23.1 Å². The molecule has 4 aliphatic rings. The second kappa shape index (κ2) is 4.53. The van der Waals surface area contributed by atoms with Gasteiger partial charge >= 0.3 is 0 Å². The van der Waals surface area contributed by atoms with E-state index in [9.17, 15) is 14.3 Å². The standard InChI is InChI=1S/C19H25FO2/c1-18-7-3-4-13(18)12-6-5-11-8-15(21)14(20)9-19(11,2)17(12)16(22)10-18/h8-9,12-13,16-17,22H,3-7,10H2,1-2H3/t12-,13-,16?,17+,18-,19-/m0/s1. The van der Waals surface area contributed by atoms with Crippen LogP contribution in [0.1, 0.15) is 52.4 Å². The molecule has 0 bridgehead atoms. The largest absolute Gasteiger partial charge is 0.393 e. The average Bonchev–Trinajstić information content (AvgIpc) is 2.81. The van der Waals surface area contributed by atoms with Gasteiger partial charge in [-0.15, -0.1) is 0 Å². The number of hydrogen-bond donors (Lipinski definition) is 1. The minimum absolute atomic E-state index is 0.0579. The molecule has 0 radical (unpaired) electrons. The summed E-state index contributed by atoms with van der Waals surface area (Å²) < 4.78 is 14.0. The van der Waals surface area contributed by atoms with Gasteiger partial charge in [0.2, 0.25) is 5.78 Å². The summed E-state index contributed by atoms with van der Waals surface area (Å²) in [5.74, 6) is 0.0207. The van der Waals surface area contributed by atoms with Crippen molar-refractivity contribution in [2.75, 3.05) is 0 Å². The predicted octanol–water partition coefficient (Wildman–Crippen LogP) is 3.95. The van der Waals surface area contributed by atoms with E-state index in [1.165, 1.54) is 31.4 Å². The van der Waals surface area contributed by atoms with Crippen molar-refractivity contribution < 1.29 is 14.3 Å². The summed E-state index contributed by atoms with van der Waals surface area (Å²) in [6.45, 7) is 4.36. The number of hydrogen-bond acceptors (Lipinski definition) is 2. The molecule has 4 aliphatic carbocycles. The third-order valence-corrected chi connectivity index (χ3v) is 7.32. The highest BCUT2D eigenvalue weighted by Gasteiger charge is 2.59. The number of fused-ring (bicyclic) bond motifs is 5. The topological polar surface area (TPSA) is 37.3 Å². The van der Waals surface area contributed by atoms with Crippen LogP contribution in [0.3, 0.4) is 0 Å². The van der Waals surface area contributed by atoms with Gasteiger partial charge in [-0.3, -0.25) is 4.79 Å². The number of carbonyl (C=O) groups is 1. The molecule has 0 aromatic carbocycles. The fraction of sp³-hybridized carbons (Fsp3) is 0.737. The van der Waals surface area contributed by atoms with E-state index in [0.29, 0.717) is 11.8 Å². The Labute approximate surface area is 131 Å². The highest BCUT2D eigenvalue weighted by molar-refractivity contribution is 6.04. The van der Waals surface area contributed by atoms with Crippen molar-refractivity contribution in [2.24, 2.45) is 28.6 Å². The summed E-state index contributed by atoms with van der Waals surface area (Å²) in [6.07, 6.45) is 9.05. The van der Waals surface area contributed by atoms with Crippen molar-refractivity contribution in [3.63, 3.8) is 0 Å². The Morgan fingerprint density at radius 3 is 2.86 bits per heavy atom. The Balaban J connectivity index is 1.78. The molecule has 0 aromatic rings. The first kappa shape index (κ1) is 14.6. The van der Waals surface area contributed by atoms with E-state index in [4.69, 9.17) is 0 Å². The quantitative estimate of drug-likeness (QED) is 0.735. The summed E-state index contributed by atoms with van der Waals surface area (Å²) in [5, 5.41) is 10.9. The van der Waals surface area contributed by atoms with Crippen LogP contribution in [-0.4, -0.2) is 17.0 Å². The lowest BCUT2D eigenvalue weighted by atomic mass is 9.47. The van der Waals surface area contributed by atoms with Gasteiger partial charge in [0, 0.05) is 11.3 Å². The zero-order chi connectivity index (χ0) is 15.7. The van der Waals surface area contributed by atoms with E-state index in [0.717, 1.165) is 24.8 Å². The zero-order valence-electron chi connectivity index (χ0n) is 13.4. The van der Waals surface area contributed by atoms with E-state index in [1.807, 2.05) is 6.92 Å². The monoisotopic (exact) mass is 304 g/mol. The lowest BCUT2D eigenvalue weighted by molar-refractivity contribution is -0.116. The third kappa shape index (κ3) is 1.78. The summed E-state index contributed by atoms with van der Waals surface area (Å²) in [4.78, 5) is 11.7.